The van der Waals surface area contributed by atoms with Gasteiger partial charge in [-0.05, 0) is 18.9 Å². The summed E-state index contributed by atoms with van der Waals surface area (Å²) in [5.41, 5.74) is 6.43. The first-order valence-electron chi connectivity index (χ1n) is 7.31. The predicted molar refractivity (Wildman–Crippen MR) is 86.4 cm³/mol. The normalized spacial score (nSPS) is 22.4. The summed E-state index contributed by atoms with van der Waals surface area (Å²) < 4.78 is 5.19. The Morgan fingerprint density at radius 2 is 2.36 bits per heavy atom. The topological polar surface area (TPSA) is 96.6 Å². The van der Waals surface area contributed by atoms with E-state index in [9.17, 15) is 9.90 Å². The van der Waals surface area contributed by atoms with Crippen molar-refractivity contribution in [1.82, 2.24) is 10.6 Å². The van der Waals surface area contributed by atoms with E-state index in [1.54, 1.807) is 0 Å². The van der Waals surface area contributed by atoms with E-state index in [0.29, 0.717) is 41.4 Å². The second kappa shape index (κ2) is 7.17. The van der Waals surface area contributed by atoms with Gasteiger partial charge in [0.2, 0.25) is 0 Å². The van der Waals surface area contributed by atoms with Gasteiger partial charge in [-0.3, -0.25) is 4.79 Å². The monoisotopic (exact) mass is 327 g/mol. The highest BCUT2D eigenvalue weighted by Gasteiger charge is 2.30. The third-order valence-electron chi connectivity index (χ3n) is 3.95. The van der Waals surface area contributed by atoms with E-state index in [1.807, 2.05) is 6.92 Å². The van der Waals surface area contributed by atoms with Crippen LogP contribution in [0.2, 0.25) is 5.02 Å². The fourth-order valence-corrected chi connectivity index (χ4v) is 2.80. The van der Waals surface area contributed by atoms with Crippen molar-refractivity contribution in [3.63, 3.8) is 0 Å². The number of nitrogen functional groups attached to an aromatic ring is 1. The fraction of sp³-hybridized carbons (Fsp3) is 0.533. The quantitative estimate of drug-likeness (QED) is 0.609. The number of aliphatic hydroxyl groups is 1. The lowest BCUT2D eigenvalue weighted by Crippen LogP contribution is -2.36. The first-order valence-corrected chi connectivity index (χ1v) is 7.69. The molecule has 1 aliphatic rings. The van der Waals surface area contributed by atoms with Gasteiger partial charge in [-0.1, -0.05) is 18.5 Å². The zero-order chi connectivity index (χ0) is 16.3. The Kier molecular flexibility index (Phi) is 5.50. The molecule has 0 aromatic heterocycles. The Morgan fingerprint density at radius 3 is 3.00 bits per heavy atom. The Morgan fingerprint density at radius 1 is 1.64 bits per heavy atom. The van der Waals surface area contributed by atoms with Gasteiger partial charge in [0.15, 0.2) is 0 Å². The number of carbonyl (C=O) groups is 1. The molecule has 5 N–H and O–H groups in total. The number of hydrogen-bond donors (Lipinski definition) is 4. The van der Waals surface area contributed by atoms with Gasteiger partial charge in [0, 0.05) is 24.7 Å². The molecule has 1 aromatic carbocycles. The van der Waals surface area contributed by atoms with Crippen LogP contribution in [0, 0.1) is 0 Å². The number of anilines is 1. The molecule has 1 aromatic rings. The number of aliphatic hydroxyl groups excluding tert-OH is 1. The van der Waals surface area contributed by atoms with Crippen LogP contribution >= 0.6 is 11.6 Å². The molecule has 1 heterocycles. The Hall–Kier alpha value is -1.50. The zero-order valence-electron chi connectivity index (χ0n) is 12.7. The van der Waals surface area contributed by atoms with Crippen LogP contribution in [-0.4, -0.2) is 42.9 Å². The standard InChI is InChI=1S/C15H22ClN3O3/c1-3-13(20)12-4-8(7-18-12)19-15(21)9-5-10(16)11(17)6-14(9)22-2/h5-6,8,12-13,18,20H,3-4,7,17H2,1-2H3,(H,19,21). The molecule has 7 heteroatoms. The number of amides is 1. The zero-order valence-corrected chi connectivity index (χ0v) is 13.5. The number of nitrogens with two attached hydrogens (primary N) is 1. The Labute approximate surface area is 135 Å². The second-order valence-electron chi connectivity index (χ2n) is 5.47. The van der Waals surface area contributed by atoms with Gasteiger partial charge in [-0.2, -0.15) is 0 Å². The number of methoxy groups -OCH3 is 1. The van der Waals surface area contributed by atoms with E-state index in [2.05, 4.69) is 10.6 Å². The number of halogens is 1. The number of nitrogens with one attached hydrogen (secondary N) is 2. The minimum absolute atomic E-state index is 0.00667. The van der Waals surface area contributed by atoms with Crippen molar-refractivity contribution in [2.45, 2.75) is 38.0 Å². The third-order valence-corrected chi connectivity index (χ3v) is 4.27. The van der Waals surface area contributed by atoms with Crippen LogP contribution in [0.25, 0.3) is 0 Å². The molecule has 1 amide bonds. The maximum atomic E-state index is 12.4. The van der Waals surface area contributed by atoms with Crippen LogP contribution in [0.15, 0.2) is 12.1 Å². The van der Waals surface area contributed by atoms with Gasteiger partial charge >= 0.3 is 0 Å². The fourth-order valence-electron chi connectivity index (χ4n) is 2.63. The molecule has 3 unspecified atom stereocenters. The van der Waals surface area contributed by atoms with Crippen molar-refractivity contribution in [3.8, 4) is 5.75 Å². The molecule has 22 heavy (non-hydrogen) atoms. The molecule has 3 atom stereocenters. The summed E-state index contributed by atoms with van der Waals surface area (Å²) in [4.78, 5) is 12.4. The van der Waals surface area contributed by atoms with Crippen molar-refractivity contribution in [2.75, 3.05) is 19.4 Å². The summed E-state index contributed by atoms with van der Waals surface area (Å²) in [6.45, 7) is 2.55. The molecule has 122 valence electrons. The third kappa shape index (κ3) is 3.63. The minimum Gasteiger partial charge on any atom is -0.496 e. The van der Waals surface area contributed by atoms with Gasteiger partial charge in [-0.25, -0.2) is 0 Å². The van der Waals surface area contributed by atoms with E-state index in [4.69, 9.17) is 22.1 Å². The molecule has 2 rings (SSSR count). The lowest BCUT2D eigenvalue weighted by atomic mass is 10.0. The second-order valence-corrected chi connectivity index (χ2v) is 5.88. The molecule has 0 bridgehead atoms. The van der Waals surface area contributed by atoms with Crippen LogP contribution in [0.4, 0.5) is 5.69 Å². The minimum atomic E-state index is -0.401. The van der Waals surface area contributed by atoms with Gasteiger partial charge in [0.1, 0.15) is 5.75 Å². The molecule has 0 radical (unpaired) electrons. The molecule has 6 nitrogen and oxygen atoms in total. The van der Waals surface area contributed by atoms with E-state index < -0.39 is 6.10 Å². The molecule has 0 spiro atoms. The van der Waals surface area contributed by atoms with Crippen molar-refractivity contribution in [3.05, 3.63) is 22.7 Å². The van der Waals surface area contributed by atoms with E-state index in [-0.39, 0.29) is 18.0 Å². The van der Waals surface area contributed by atoms with Gasteiger partial charge in [0.05, 0.1) is 29.5 Å². The summed E-state index contributed by atoms with van der Waals surface area (Å²) in [5, 5.41) is 16.3. The predicted octanol–water partition coefficient (Wildman–Crippen LogP) is 1.16. The largest absolute Gasteiger partial charge is 0.496 e. The average molecular weight is 328 g/mol. The Balaban J connectivity index is 2.06. The van der Waals surface area contributed by atoms with Crippen LogP contribution in [-0.2, 0) is 0 Å². The summed E-state index contributed by atoms with van der Waals surface area (Å²) >= 11 is 5.98. The van der Waals surface area contributed by atoms with Crippen LogP contribution in [0.1, 0.15) is 30.1 Å². The number of benzene rings is 1. The summed E-state index contributed by atoms with van der Waals surface area (Å²) in [6.07, 6.45) is 0.966. The van der Waals surface area contributed by atoms with Crippen molar-refractivity contribution in [1.29, 1.82) is 0 Å². The smallest absolute Gasteiger partial charge is 0.255 e. The number of hydrogen-bond acceptors (Lipinski definition) is 5. The van der Waals surface area contributed by atoms with Crippen molar-refractivity contribution >= 4 is 23.2 Å². The van der Waals surface area contributed by atoms with E-state index >= 15 is 0 Å². The lowest BCUT2D eigenvalue weighted by Gasteiger charge is -2.17. The van der Waals surface area contributed by atoms with Gasteiger partial charge in [0.25, 0.3) is 5.91 Å². The highest BCUT2D eigenvalue weighted by Crippen LogP contribution is 2.29. The number of carbonyl (C=O) groups excluding carboxylic acids is 1. The summed E-state index contributed by atoms with van der Waals surface area (Å²) in [7, 11) is 1.48. The average Bonchev–Trinajstić information content (AvgIpc) is 2.97. The molecular formula is C15H22ClN3O3. The first kappa shape index (κ1) is 16.9. The molecule has 0 aliphatic carbocycles. The molecular weight excluding hydrogens is 306 g/mol. The molecule has 1 aliphatic heterocycles. The molecule has 1 saturated heterocycles. The van der Waals surface area contributed by atoms with E-state index in [1.165, 1.54) is 19.2 Å². The van der Waals surface area contributed by atoms with Crippen molar-refractivity contribution < 1.29 is 14.6 Å². The molecule has 0 saturated carbocycles. The summed E-state index contributed by atoms with van der Waals surface area (Å²) in [5.74, 6) is 0.118. The van der Waals surface area contributed by atoms with Crippen molar-refractivity contribution in [2.24, 2.45) is 0 Å². The lowest BCUT2D eigenvalue weighted by molar-refractivity contribution is 0.0932. The maximum absolute atomic E-state index is 12.4. The summed E-state index contributed by atoms with van der Waals surface area (Å²) in [6, 6.07) is 3.01. The number of rotatable bonds is 5. The van der Waals surface area contributed by atoms with Gasteiger partial charge in [-0.15, -0.1) is 0 Å². The maximum Gasteiger partial charge on any atom is 0.255 e. The van der Waals surface area contributed by atoms with Crippen LogP contribution in [0.5, 0.6) is 5.75 Å². The van der Waals surface area contributed by atoms with Gasteiger partial charge < -0.3 is 26.2 Å². The van der Waals surface area contributed by atoms with Crippen LogP contribution < -0.4 is 21.1 Å². The first-order chi connectivity index (χ1) is 10.5. The number of ether oxygens (including phenoxy) is 1. The highest BCUT2D eigenvalue weighted by molar-refractivity contribution is 6.33. The Bertz CT molecular complexity index is 553. The van der Waals surface area contributed by atoms with Crippen LogP contribution in [0.3, 0.4) is 0 Å². The SMILES string of the molecule is CCC(O)C1CC(NC(=O)c2cc(Cl)c(N)cc2OC)CN1. The molecule has 1 fully saturated rings. The highest BCUT2D eigenvalue weighted by atomic mass is 35.5. The van der Waals surface area contributed by atoms with E-state index in [0.717, 1.165) is 0 Å².